The Morgan fingerprint density at radius 2 is 1.76 bits per heavy atom. The van der Waals surface area contributed by atoms with Crippen molar-refractivity contribution >= 4 is 22.4 Å². The maximum Gasteiger partial charge on any atom is 0.340 e. The van der Waals surface area contributed by atoms with E-state index >= 15 is 0 Å². The van der Waals surface area contributed by atoms with Crippen LogP contribution in [0.4, 0.5) is 0 Å². The molecule has 0 bridgehead atoms. The number of nitrogens with zero attached hydrogens (tertiary/aromatic N) is 1. The van der Waals surface area contributed by atoms with Crippen molar-refractivity contribution in [1.29, 1.82) is 0 Å². The Balaban J connectivity index is 1.78. The van der Waals surface area contributed by atoms with Gasteiger partial charge < -0.3 is 13.9 Å². The zero-order valence-corrected chi connectivity index (χ0v) is 13.8. The summed E-state index contributed by atoms with van der Waals surface area (Å²) < 4.78 is 12.9. The van der Waals surface area contributed by atoms with Crippen molar-refractivity contribution in [2.75, 3.05) is 7.11 Å². The molecule has 2 aromatic carbocycles. The molecule has 0 radical (unpaired) electrons. The van der Waals surface area contributed by atoms with Crippen molar-refractivity contribution in [1.82, 2.24) is 4.40 Å². The first-order chi connectivity index (χ1) is 12.3. The summed E-state index contributed by atoms with van der Waals surface area (Å²) in [5.41, 5.74) is 3.43. The van der Waals surface area contributed by atoms with Gasteiger partial charge in [-0.15, -0.1) is 0 Å². The van der Waals surface area contributed by atoms with Crippen LogP contribution in [0.3, 0.4) is 0 Å². The Labute approximate surface area is 145 Å². The molecule has 0 saturated heterocycles. The average Bonchev–Trinajstić information content (AvgIpc) is 3.00. The summed E-state index contributed by atoms with van der Waals surface area (Å²) in [7, 11) is 1.40. The third kappa shape index (κ3) is 2.72. The van der Waals surface area contributed by atoms with Crippen molar-refractivity contribution in [2.45, 2.75) is 6.61 Å². The van der Waals surface area contributed by atoms with Gasteiger partial charge in [-0.3, -0.25) is 0 Å². The van der Waals surface area contributed by atoms with E-state index in [0.29, 0.717) is 12.2 Å². The summed E-state index contributed by atoms with van der Waals surface area (Å²) in [6, 6.07) is 21.5. The number of rotatable bonds is 4. The third-order valence-electron chi connectivity index (χ3n) is 4.25. The molecule has 2 aromatic heterocycles. The van der Waals surface area contributed by atoms with Gasteiger partial charge in [-0.05, 0) is 29.8 Å². The van der Waals surface area contributed by atoms with Crippen molar-refractivity contribution < 1.29 is 14.3 Å². The molecule has 0 aliphatic carbocycles. The second-order valence-corrected chi connectivity index (χ2v) is 5.78. The molecule has 4 nitrogen and oxygen atoms in total. The second kappa shape index (κ2) is 6.32. The number of aromatic nitrogens is 1. The molecule has 25 heavy (non-hydrogen) atoms. The molecule has 0 saturated carbocycles. The van der Waals surface area contributed by atoms with Gasteiger partial charge in [0.1, 0.15) is 12.4 Å². The van der Waals surface area contributed by atoms with Crippen LogP contribution in [-0.2, 0) is 11.3 Å². The molecule has 4 heteroatoms. The molecule has 0 fully saturated rings. The van der Waals surface area contributed by atoms with Crippen LogP contribution in [0.15, 0.2) is 72.9 Å². The number of ether oxygens (including phenoxy) is 2. The van der Waals surface area contributed by atoms with Gasteiger partial charge in [0.15, 0.2) is 0 Å². The molecule has 4 aromatic rings. The standard InChI is InChI=1S/C21H17NO3/c1-24-21(23)20-17-11-10-16(25-14-15-7-3-2-4-8-15)13-19(17)22-12-6-5-9-18(20)22/h2-13H,14H2,1H3. The summed E-state index contributed by atoms with van der Waals surface area (Å²) in [6.45, 7) is 0.500. The van der Waals surface area contributed by atoms with E-state index in [2.05, 4.69) is 0 Å². The number of carbonyl (C=O) groups excluding carboxylic acids is 1. The zero-order valence-electron chi connectivity index (χ0n) is 13.8. The topological polar surface area (TPSA) is 39.9 Å². The number of hydrogen-bond donors (Lipinski definition) is 0. The molecule has 0 atom stereocenters. The van der Waals surface area contributed by atoms with Gasteiger partial charge in [-0.1, -0.05) is 36.4 Å². The molecule has 0 aliphatic rings. The number of carbonyl (C=O) groups is 1. The molecule has 0 aliphatic heterocycles. The monoisotopic (exact) mass is 331 g/mol. The van der Waals surface area contributed by atoms with E-state index in [1.165, 1.54) is 7.11 Å². The molecule has 0 unspecified atom stereocenters. The lowest BCUT2D eigenvalue weighted by molar-refractivity contribution is 0.0605. The molecular formula is C21H17NO3. The van der Waals surface area contributed by atoms with Crippen LogP contribution in [-0.4, -0.2) is 17.5 Å². The van der Waals surface area contributed by atoms with E-state index < -0.39 is 0 Å². The van der Waals surface area contributed by atoms with Crippen LogP contribution in [0.2, 0.25) is 0 Å². The Morgan fingerprint density at radius 3 is 2.56 bits per heavy atom. The Bertz CT molecular complexity index is 1050. The van der Waals surface area contributed by atoms with E-state index in [1.54, 1.807) is 0 Å². The molecule has 0 amide bonds. The van der Waals surface area contributed by atoms with Crippen LogP contribution in [0, 0.1) is 0 Å². The first-order valence-corrected chi connectivity index (χ1v) is 8.06. The first-order valence-electron chi connectivity index (χ1n) is 8.06. The van der Waals surface area contributed by atoms with Gasteiger partial charge in [0.25, 0.3) is 0 Å². The quantitative estimate of drug-likeness (QED) is 0.518. The normalized spacial score (nSPS) is 10.9. The fourth-order valence-electron chi connectivity index (χ4n) is 3.06. The third-order valence-corrected chi connectivity index (χ3v) is 4.25. The predicted molar refractivity (Wildman–Crippen MR) is 97.0 cm³/mol. The van der Waals surface area contributed by atoms with Gasteiger partial charge in [-0.25, -0.2) is 4.79 Å². The van der Waals surface area contributed by atoms with E-state index in [9.17, 15) is 4.79 Å². The van der Waals surface area contributed by atoms with E-state index in [1.807, 2.05) is 77.3 Å². The maximum atomic E-state index is 12.2. The molecule has 124 valence electrons. The molecule has 0 N–H and O–H groups in total. The minimum atomic E-state index is -0.336. The van der Waals surface area contributed by atoms with Crippen LogP contribution < -0.4 is 4.74 Å². The molecule has 4 rings (SSSR count). The largest absolute Gasteiger partial charge is 0.489 e. The van der Waals surface area contributed by atoms with E-state index in [4.69, 9.17) is 9.47 Å². The number of fused-ring (bicyclic) bond motifs is 3. The predicted octanol–water partition coefficient (Wildman–Crippen LogP) is 4.46. The minimum Gasteiger partial charge on any atom is -0.489 e. The van der Waals surface area contributed by atoms with Crippen molar-refractivity contribution in [2.24, 2.45) is 0 Å². The zero-order chi connectivity index (χ0) is 17.2. The van der Waals surface area contributed by atoms with Crippen molar-refractivity contribution in [3.63, 3.8) is 0 Å². The number of pyridine rings is 1. The van der Waals surface area contributed by atoms with Gasteiger partial charge in [0, 0.05) is 17.6 Å². The number of benzene rings is 2. The van der Waals surface area contributed by atoms with Crippen molar-refractivity contribution in [3.05, 3.63) is 84.1 Å². The lowest BCUT2D eigenvalue weighted by Crippen LogP contribution is -2.00. The van der Waals surface area contributed by atoms with Crippen LogP contribution in [0.1, 0.15) is 15.9 Å². The fraction of sp³-hybridized carbons (Fsp3) is 0.0952. The van der Waals surface area contributed by atoms with Crippen molar-refractivity contribution in [3.8, 4) is 5.75 Å². The van der Waals surface area contributed by atoms with Gasteiger partial charge >= 0.3 is 5.97 Å². The Morgan fingerprint density at radius 1 is 0.960 bits per heavy atom. The SMILES string of the molecule is COC(=O)c1c2ccc(OCc3ccccc3)cc2n2ccccc12. The lowest BCUT2D eigenvalue weighted by atomic mass is 10.1. The Kier molecular flexibility index (Phi) is 3.86. The first kappa shape index (κ1) is 15.3. The average molecular weight is 331 g/mol. The number of hydrogen-bond acceptors (Lipinski definition) is 3. The molecule has 0 spiro atoms. The Hall–Kier alpha value is -3.27. The van der Waals surface area contributed by atoms with Crippen LogP contribution >= 0.6 is 0 Å². The number of esters is 1. The second-order valence-electron chi connectivity index (χ2n) is 5.78. The van der Waals surface area contributed by atoms with Crippen LogP contribution in [0.5, 0.6) is 5.75 Å². The highest BCUT2D eigenvalue weighted by Gasteiger charge is 2.18. The molecular weight excluding hydrogens is 314 g/mol. The highest BCUT2D eigenvalue weighted by Crippen LogP contribution is 2.30. The van der Waals surface area contributed by atoms with E-state index in [-0.39, 0.29) is 5.97 Å². The van der Waals surface area contributed by atoms with Crippen LogP contribution in [0.25, 0.3) is 16.4 Å². The molecule has 2 heterocycles. The summed E-state index contributed by atoms with van der Waals surface area (Å²) in [5.74, 6) is 0.424. The minimum absolute atomic E-state index is 0.336. The number of methoxy groups -OCH3 is 1. The fourth-order valence-corrected chi connectivity index (χ4v) is 3.06. The lowest BCUT2D eigenvalue weighted by Gasteiger charge is -2.07. The summed E-state index contributed by atoms with van der Waals surface area (Å²) in [6.07, 6.45) is 1.94. The summed E-state index contributed by atoms with van der Waals surface area (Å²) in [5, 5.41) is 0.852. The maximum absolute atomic E-state index is 12.2. The highest BCUT2D eigenvalue weighted by atomic mass is 16.5. The van der Waals surface area contributed by atoms with E-state index in [0.717, 1.165) is 27.7 Å². The van der Waals surface area contributed by atoms with Gasteiger partial charge in [-0.2, -0.15) is 0 Å². The van der Waals surface area contributed by atoms with Gasteiger partial charge in [0.05, 0.1) is 23.7 Å². The summed E-state index contributed by atoms with van der Waals surface area (Å²) in [4.78, 5) is 12.2. The van der Waals surface area contributed by atoms with Gasteiger partial charge in [0.2, 0.25) is 0 Å². The summed E-state index contributed by atoms with van der Waals surface area (Å²) >= 11 is 0. The highest BCUT2D eigenvalue weighted by molar-refractivity contribution is 6.11. The smallest absolute Gasteiger partial charge is 0.340 e.